The molecule has 5 heteroatoms. The maximum atomic E-state index is 8.57. The van der Waals surface area contributed by atoms with Crippen LogP contribution in [0.5, 0.6) is 0 Å². The zero-order chi connectivity index (χ0) is 2.71. The van der Waals surface area contributed by atoms with Crippen molar-refractivity contribution in [1.29, 1.82) is 0 Å². The average molecular weight is 107 g/mol. The summed E-state index contributed by atoms with van der Waals surface area (Å²) in [5.74, 6) is 0. The average Bonchev–Trinajstić information content (AvgIpc) is 0.918. The molecule has 0 aromatic carbocycles. The summed E-state index contributed by atoms with van der Waals surface area (Å²) in [7, 11) is -1.50. The first kappa shape index (κ1) is 16.4. The molecule has 1 atom stereocenters. The molecule has 0 aliphatic rings. The summed E-state index contributed by atoms with van der Waals surface area (Å²) in [6.45, 7) is 0. The molecule has 0 spiro atoms. The molecule has 0 aliphatic carbocycles. The van der Waals surface area contributed by atoms with Gasteiger partial charge in [-0.05, 0) is 0 Å². The van der Waals surface area contributed by atoms with Crippen molar-refractivity contribution in [3.8, 4) is 0 Å². The van der Waals surface area contributed by atoms with E-state index < -0.39 is 8.69 Å². The molecular weight excluding hydrogens is 102 g/mol. The molecule has 0 amide bonds. The Morgan fingerprint density at radius 3 is 1.60 bits per heavy atom. The van der Waals surface area contributed by atoms with Gasteiger partial charge >= 0.3 is 0 Å². The Balaban J connectivity index is -0.0000000200. The van der Waals surface area contributed by atoms with E-state index in [4.69, 9.17) is 9.46 Å². The van der Waals surface area contributed by atoms with Crippen molar-refractivity contribution in [3.05, 3.63) is 0 Å². The van der Waals surface area contributed by atoms with Crippen LogP contribution in [-0.2, 0) is 4.57 Å². The summed E-state index contributed by atoms with van der Waals surface area (Å²) in [5.41, 5.74) is 0. The molecule has 3 N–H and O–H groups in total. The van der Waals surface area contributed by atoms with E-state index in [9.17, 15) is 0 Å². The standard InChI is InChI=1S/Na.H3O2P.H2O/c;1-3-2;/h;3H2,(H,1,2);1H2. The van der Waals surface area contributed by atoms with E-state index in [0.29, 0.717) is 0 Å². The second-order valence-corrected chi connectivity index (χ2v) is 0.316. The van der Waals surface area contributed by atoms with E-state index in [-0.39, 0.29) is 35.0 Å². The van der Waals surface area contributed by atoms with Gasteiger partial charge in [-0.1, -0.05) is 0 Å². The zero-order valence-electron chi connectivity index (χ0n) is 2.93. The van der Waals surface area contributed by atoms with Crippen molar-refractivity contribution in [1.82, 2.24) is 0 Å². The third-order valence-electron chi connectivity index (χ3n) is 0. The molecule has 0 aliphatic heterocycles. The van der Waals surface area contributed by atoms with Gasteiger partial charge in [0.05, 0.1) is 0 Å². The van der Waals surface area contributed by atoms with E-state index in [2.05, 4.69) is 0 Å². The quantitative estimate of drug-likeness (QED) is 0.300. The molecule has 0 fully saturated rings. The van der Waals surface area contributed by atoms with Crippen LogP contribution in [0.15, 0.2) is 0 Å². The molecule has 0 saturated heterocycles. The van der Waals surface area contributed by atoms with Gasteiger partial charge in [0.15, 0.2) is 8.69 Å². The van der Waals surface area contributed by atoms with Gasteiger partial charge in [-0.2, -0.15) is 0 Å². The van der Waals surface area contributed by atoms with Gasteiger partial charge in [-0.25, -0.2) is 0 Å². The molecule has 5 heavy (non-hydrogen) atoms. The van der Waals surface area contributed by atoms with Crippen LogP contribution in [0.2, 0.25) is 0 Å². The fourth-order valence-corrected chi connectivity index (χ4v) is 0. The predicted molar refractivity (Wildman–Crippen MR) is 22.0 cm³/mol. The normalized spacial score (nSPS) is 5.80. The van der Waals surface area contributed by atoms with E-state index >= 15 is 0 Å². The minimum Gasteiger partial charge on any atom is -0.412 e. The first-order valence-electron chi connectivity index (χ1n) is 0.494. The van der Waals surface area contributed by atoms with Gasteiger partial charge in [0.25, 0.3) is 0 Å². The van der Waals surface area contributed by atoms with Crippen LogP contribution in [0.4, 0.5) is 0 Å². The summed E-state index contributed by atoms with van der Waals surface area (Å²) in [5, 5.41) is 0. The van der Waals surface area contributed by atoms with Crippen molar-refractivity contribution >= 4 is 38.2 Å². The van der Waals surface area contributed by atoms with Gasteiger partial charge in [0.1, 0.15) is 0 Å². The fourth-order valence-electron chi connectivity index (χ4n) is 0. The van der Waals surface area contributed by atoms with Crippen LogP contribution in [-0.4, -0.2) is 39.9 Å². The van der Waals surface area contributed by atoms with Gasteiger partial charge < -0.3 is 10.4 Å². The van der Waals surface area contributed by atoms with Crippen LogP contribution >= 0.6 is 8.69 Å². The summed E-state index contributed by atoms with van der Waals surface area (Å²) in [6.07, 6.45) is 0. The molecule has 3 nitrogen and oxygen atoms in total. The Labute approximate surface area is 53.3 Å². The van der Waals surface area contributed by atoms with Crippen molar-refractivity contribution in [2.75, 3.05) is 0 Å². The maximum Gasteiger partial charge on any atom is 0.177 e. The third-order valence-corrected chi connectivity index (χ3v) is 0. The molecule has 0 rings (SSSR count). The van der Waals surface area contributed by atoms with Crippen LogP contribution in [0.25, 0.3) is 0 Å². The van der Waals surface area contributed by atoms with Gasteiger partial charge in [0.2, 0.25) is 0 Å². The van der Waals surface area contributed by atoms with Gasteiger partial charge in [-0.3, -0.25) is 4.57 Å². The molecule has 0 heterocycles. The topological polar surface area (TPSA) is 68.8 Å². The first-order chi connectivity index (χ1) is 1.41. The van der Waals surface area contributed by atoms with Crippen molar-refractivity contribution in [2.24, 2.45) is 0 Å². The number of hydrogen-bond acceptors (Lipinski definition) is 1. The van der Waals surface area contributed by atoms with Crippen LogP contribution in [0, 0.1) is 0 Å². The summed E-state index contributed by atoms with van der Waals surface area (Å²) in [4.78, 5) is 7.10. The SMILES string of the molecule is O.O=[PH2]O.[Na]. The minimum absolute atomic E-state index is 0. The minimum atomic E-state index is -1.50. The summed E-state index contributed by atoms with van der Waals surface area (Å²) in [6, 6.07) is 0. The molecule has 0 bridgehead atoms. The zero-order valence-corrected chi connectivity index (χ0v) is 6.09. The monoisotopic (exact) mass is 107 g/mol. The van der Waals surface area contributed by atoms with Crippen molar-refractivity contribution < 1.29 is 14.9 Å². The molecule has 1 radical (unpaired) electrons. The van der Waals surface area contributed by atoms with E-state index in [1.165, 1.54) is 0 Å². The Morgan fingerprint density at radius 1 is 1.60 bits per heavy atom. The third kappa shape index (κ3) is 38.6. The second-order valence-electron chi connectivity index (χ2n) is 0.105. The molecule has 0 aromatic heterocycles. The van der Waals surface area contributed by atoms with E-state index in [0.717, 1.165) is 0 Å². The molecule has 1 unspecified atom stereocenters. The van der Waals surface area contributed by atoms with Crippen molar-refractivity contribution in [2.45, 2.75) is 0 Å². The Morgan fingerprint density at radius 2 is 1.60 bits per heavy atom. The van der Waals surface area contributed by atoms with Crippen molar-refractivity contribution in [3.63, 3.8) is 0 Å². The Kier molecular flexibility index (Phi) is 63.1. The first-order valence-corrected chi connectivity index (χ1v) is 1.48. The Bertz CT molecular complexity index is 14.4. The van der Waals surface area contributed by atoms with Gasteiger partial charge in [0, 0.05) is 29.6 Å². The summed E-state index contributed by atoms with van der Waals surface area (Å²) < 4.78 is 8.57. The maximum absolute atomic E-state index is 8.57. The smallest absolute Gasteiger partial charge is 0.177 e. The fraction of sp³-hybridized carbons (Fsp3) is 0. The van der Waals surface area contributed by atoms with Crippen LogP contribution < -0.4 is 0 Å². The van der Waals surface area contributed by atoms with E-state index in [1.54, 1.807) is 0 Å². The number of hydrogen-bond donors (Lipinski definition) is 1. The van der Waals surface area contributed by atoms with Crippen LogP contribution in [0.1, 0.15) is 0 Å². The second kappa shape index (κ2) is 19.2. The van der Waals surface area contributed by atoms with Gasteiger partial charge in [-0.15, -0.1) is 0 Å². The molecule has 0 aromatic rings. The summed E-state index contributed by atoms with van der Waals surface area (Å²) >= 11 is 0. The predicted octanol–water partition coefficient (Wildman–Crippen LogP) is -1.56. The number of rotatable bonds is 0. The molecule has 29 valence electrons. The largest absolute Gasteiger partial charge is 0.412 e. The molecular formula is H5NaO3P. The molecule has 0 saturated carbocycles. The van der Waals surface area contributed by atoms with Crippen LogP contribution in [0.3, 0.4) is 0 Å². The van der Waals surface area contributed by atoms with E-state index in [1.807, 2.05) is 0 Å². The Hall–Kier alpha value is 1.15.